The third-order valence-electron chi connectivity index (χ3n) is 2.71. The summed E-state index contributed by atoms with van der Waals surface area (Å²) in [5.41, 5.74) is 1.24. The fourth-order valence-electron chi connectivity index (χ4n) is 1.96. The van der Waals surface area contributed by atoms with Gasteiger partial charge in [-0.3, -0.25) is 0 Å². The Balaban J connectivity index is 2.28. The first-order chi connectivity index (χ1) is 7.35. The van der Waals surface area contributed by atoms with E-state index < -0.39 is 0 Å². The number of hydrogen-bond acceptors (Lipinski definition) is 3. The van der Waals surface area contributed by atoms with Crippen molar-refractivity contribution in [3.8, 4) is 11.5 Å². The SMILES string of the molecule is CCNC1CCOc2cc(OC)ccc21. The lowest BCUT2D eigenvalue weighted by Crippen LogP contribution is -2.26. The molecule has 2 rings (SSSR count). The first kappa shape index (κ1) is 10.3. The topological polar surface area (TPSA) is 30.5 Å². The second-order valence-corrected chi connectivity index (χ2v) is 3.65. The molecule has 1 unspecified atom stereocenters. The van der Waals surface area contributed by atoms with Crippen molar-refractivity contribution in [1.82, 2.24) is 5.32 Å². The summed E-state index contributed by atoms with van der Waals surface area (Å²) in [6, 6.07) is 6.45. The Morgan fingerprint density at radius 2 is 2.40 bits per heavy atom. The molecule has 15 heavy (non-hydrogen) atoms. The van der Waals surface area contributed by atoms with Gasteiger partial charge in [-0.25, -0.2) is 0 Å². The van der Waals surface area contributed by atoms with Crippen LogP contribution >= 0.6 is 0 Å². The lowest BCUT2D eigenvalue weighted by atomic mass is 10.0. The molecule has 0 saturated heterocycles. The molecule has 0 fully saturated rings. The minimum absolute atomic E-state index is 0.421. The maximum atomic E-state index is 5.62. The van der Waals surface area contributed by atoms with Crippen LogP contribution in [0.5, 0.6) is 11.5 Å². The van der Waals surface area contributed by atoms with E-state index in [0.29, 0.717) is 6.04 Å². The zero-order chi connectivity index (χ0) is 10.7. The van der Waals surface area contributed by atoms with Gasteiger partial charge in [0.15, 0.2) is 0 Å². The van der Waals surface area contributed by atoms with Crippen LogP contribution in [-0.4, -0.2) is 20.3 Å². The minimum Gasteiger partial charge on any atom is -0.497 e. The molecular formula is C12H17NO2. The van der Waals surface area contributed by atoms with Gasteiger partial charge >= 0.3 is 0 Å². The van der Waals surface area contributed by atoms with E-state index in [2.05, 4.69) is 18.3 Å². The molecule has 1 N–H and O–H groups in total. The van der Waals surface area contributed by atoms with Gasteiger partial charge < -0.3 is 14.8 Å². The van der Waals surface area contributed by atoms with Crippen LogP contribution in [0.15, 0.2) is 18.2 Å². The number of ether oxygens (including phenoxy) is 2. The lowest BCUT2D eigenvalue weighted by molar-refractivity contribution is 0.252. The van der Waals surface area contributed by atoms with Crippen molar-refractivity contribution in [3.63, 3.8) is 0 Å². The van der Waals surface area contributed by atoms with Gasteiger partial charge in [0.1, 0.15) is 11.5 Å². The van der Waals surface area contributed by atoms with Crippen LogP contribution in [0.2, 0.25) is 0 Å². The molecule has 1 aliphatic rings. The normalized spacial score (nSPS) is 19.2. The van der Waals surface area contributed by atoms with E-state index in [1.165, 1.54) is 5.56 Å². The van der Waals surface area contributed by atoms with Crippen LogP contribution < -0.4 is 14.8 Å². The molecule has 1 atom stereocenters. The molecule has 0 aliphatic carbocycles. The van der Waals surface area contributed by atoms with Crippen molar-refractivity contribution < 1.29 is 9.47 Å². The van der Waals surface area contributed by atoms with E-state index in [9.17, 15) is 0 Å². The summed E-state index contributed by atoms with van der Waals surface area (Å²) in [7, 11) is 1.67. The van der Waals surface area contributed by atoms with E-state index >= 15 is 0 Å². The molecule has 82 valence electrons. The van der Waals surface area contributed by atoms with Crippen molar-refractivity contribution in [2.45, 2.75) is 19.4 Å². The first-order valence-electron chi connectivity index (χ1n) is 5.39. The Hall–Kier alpha value is -1.22. The third kappa shape index (κ3) is 2.07. The number of benzene rings is 1. The van der Waals surface area contributed by atoms with Gasteiger partial charge in [-0.05, 0) is 12.6 Å². The van der Waals surface area contributed by atoms with Crippen molar-refractivity contribution in [1.29, 1.82) is 0 Å². The smallest absolute Gasteiger partial charge is 0.127 e. The average molecular weight is 207 g/mol. The molecule has 1 aliphatic heterocycles. The fraction of sp³-hybridized carbons (Fsp3) is 0.500. The van der Waals surface area contributed by atoms with Crippen molar-refractivity contribution >= 4 is 0 Å². The summed E-state index contributed by atoms with van der Waals surface area (Å²) >= 11 is 0. The number of methoxy groups -OCH3 is 1. The molecule has 0 aromatic heterocycles. The van der Waals surface area contributed by atoms with Crippen LogP contribution in [0.25, 0.3) is 0 Å². The van der Waals surface area contributed by atoms with E-state index in [-0.39, 0.29) is 0 Å². The van der Waals surface area contributed by atoms with Crippen LogP contribution in [0, 0.1) is 0 Å². The first-order valence-corrected chi connectivity index (χ1v) is 5.39. The van der Waals surface area contributed by atoms with Gasteiger partial charge in [0, 0.05) is 24.1 Å². The number of nitrogens with one attached hydrogen (secondary N) is 1. The summed E-state index contributed by atoms with van der Waals surface area (Å²) in [6.07, 6.45) is 1.03. The predicted molar refractivity (Wildman–Crippen MR) is 59.5 cm³/mol. The summed E-state index contributed by atoms with van der Waals surface area (Å²) in [5.74, 6) is 1.80. The van der Waals surface area contributed by atoms with Gasteiger partial charge in [-0.15, -0.1) is 0 Å². The minimum atomic E-state index is 0.421. The van der Waals surface area contributed by atoms with Crippen LogP contribution in [-0.2, 0) is 0 Å². The monoisotopic (exact) mass is 207 g/mol. The van der Waals surface area contributed by atoms with E-state index in [1.54, 1.807) is 7.11 Å². The van der Waals surface area contributed by atoms with Crippen molar-refractivity contribution in [2.75, 3.05) is 20.3 Å². The Kier molecular flexibility index (Phi) is 3.11. The molecule has 0 radical (unpaired) electrons. The van der Waals surface area contributed by atoms with Crippen molar-refractivity contribution in [2.24, 2.45) is 0 Å². The van der Waals surface area contributed by atoms with Crippen LogP contribution in [0.1, 0.15) is 24.9 Å². The quantitative estimate of drug-likeness (QED) is 0.823. The summed E-state index contributed by atoms with van der Waals surface area (Å²) in [4.78, 5) is 0. The average Bonchev–Trinajstić information content (AvgIpc) is 2.29. The molecule has 3 heteroatoms. The second-order valence-electron chi connectivity index (χ2n) is 3.65. The zero-order valence-electron chi connectivity index (χ0n) is 9.25. The number of hydrogen-bond donors (Lipinski definition) is 1. The highest BCUT2D eigenvalue weighted by Crippen LogP contribution is 2.34. The number of fused-ring (bicyclic) bond motifs is 1. The maximum absolute atomic E-state index is 5.62. The Morgan fingerprint density at radius 1 is 1.53 bits per heavy atom. The third-order valence-corrected chi connectivity index (χ3v) is 2.71. The van der Waals surface area contributed by atoms with E-state index in [1.807, 2.05) is 12.1 Å². The standard InChI is InChI=1S/C12H17NO2/c1-3-13-11-6-7-15-12-8-9(14-2)4-5-10(11)12/h4-5,8,11,13H,3,6-7H2,1-2H3. The summed E-state index contributed by atoms with van der Waals surface area (Å²) in [6.45, 7) is 3.88. The van der Waals surface area contributed by atoms with Gasteiger partial charge in [-0.2, -0.15) is 0 Å². The highest BCUT2D eigenvalue weighted by atomic mass is 16.5. The van der Waals surface area contributed by atoms with Gasteiger partial charge in [0.05, 0.1) is 13.7 Å². The largest absolute Gasteiger partial charge is 0.497 e. The van der Waals surface area contributed by atoms with E-state index in [4.69, 9.17) is 9.47 Å². The van der Waals surface area contributed by atoms with Gasteiger partial charge in [0.25, 0.3) is 0 Å². The van der Waals surface area contributed by atoms with E-state index in [0.717, 1.165) is 31.1 Å². The highest BCUT2D eigenvalue weighted by molar-refractivity contribution is 5.43. The molecule has 1 heterocycles. The molecule has 0 spiro atoms. The Labute approximate surface area is 90.4 Å². The van der Waals surface area contributed by atoms with Crippen molar-refractivity contribution in [3.05, 3.63) is 23.8 Å². The molecular weight excluding hydrogens is 190 g/mol. The molecule has 0 amide bonds. The predicted octanol–water partition coefficient (Wildman–Crippen LogP) is 2.13. The number of rotatable bonds is 3. The van der Waals surface area contributed by atoms with Crippen LogP contribution in [0.4, 0.5) is 0 Å². The van der Waals surface area contributed by atoms with Crippen LogP contribution in [0.3, 0.4) is 0 Å². The summed E-state index contributed by atoms with van der Waals surface area (Å²) < 4.78 is 10.8. The highest BCUT2D eigenvalue weighted by Gasteiger charge is 2.20. The van der Waals surface area contributed by atoms with Gasteiger partial charge in [-0.1, -0.05) is 13.0 Å². The molecule has 3 nitrogen and oxygen atoms in total. The molecule has 1 aromatic carbocycles. The molecule has 0 saturated carbocycles. The zero-order valence-corrected chi connectivity index (χ0v) is 9.25. The molecule has 0 bridgehead atoms. The second kappa shape index (κ2) is 4.53. The fourth-order valence-corrected chi connectivity index (χ4v) is 1.96. The van der Waals surface area contributed by atoms with Gasteiger partial charge in [0.2, 0.25) is 0 Å². The summed E-state index contributed by atoms with van der Waals surface area (Å²) in [5, 5.41) is 3.46. The Morgan fingerprint density at radius 3 is 3.13 bits per heavy atom. The molecule has 1 aromatic rings. The lowest BCUT2D eigenvalue weighted by Gasteiger charge is -2.26. The maximum Gasteiger partial charge on any atom is 0.127 e. The Bertz CT molecular complexity index is 338.